The van der Waals surface area contributed by atoms with Gasteiger partial charge < -0.3 is 0 Å². The molecule has 2 heterocycles. The van der Waals surface area contributed by atoms with E-state index < -0.39 is 0 Å². The van der Waals surface area contributed by atoms with E-state index >= 15 is 0 Å². The van der Waals surface area contributed by atoms with Crippen LogP contribution in [0.3, 0.4) is 0 Å². The Morgan fingerprint density at radius 2 is 0.875 bits per heavy atom. The van der Waals surface area contributed by atoms with Crippen molar-refractivity contribution in [3.63, 3.8) is 0 Å². The van der Waals surface area contributed by atoms with Crippen LogP contribution < -0.4 is 0 Å². The summed E-state index contributed by atoms with van der Waals surface area (Å²) in [6, 6.07) is 58.5. The maximum atomic E-state index is 5.15. The van der Waals surface area contributed by atoms with Crippen LogP contribution in [0.4, 0.5) is 0 Å². The van der Waals surface area contributed by atoms with E-state index in [4.69, 9.17) is 19.9 Å². The molecule has 7 aromatic carbocycles. The molecular weight excluding hydrogens is 585 g/mol. The summed E-state index contributed by atoms with van der Waals surface area (Å²) < 4.78 is 0. The number of fused-ring (bicyclic) bond motifs is 4. The van der Waals surface area contributed by atoms with Gasteiger partial charge in [-0.25, -0.2) is 19.9 Å². The third-order valence-corrected chi connectivity index (χ3v) is 8.90. The van der Waals surface area contributed by atoms with Crippen LogP contribution in [0, 0.1) is 0 Å². The van der Waals surface area contributed by atoms with Crippen LogP contribution in [0.5, 0.6) is 0 Å². The number of nitrogens with zero attached hydrogens (tertiary/aromatic N) is 4. The highest BCUT2D eigenvalue weighted by Gasteiger charge is 2.16. The molecule has 0 aliphatic rings. The van der Waals surface area contributed by atoms with Crippen molar-refractivity contribution in [3.05, 3.63) is 170 Å². The van der Waals surface area contributed by atoms with Crippen molar-refractivity contribution in [2.45, 2.75) is 0 Å². The molecule has 0 bridgehead atoms. The first-order valence-electron chi connectivity index (χ1n) is 16.1. The van der Waals surface area contributed by atoms with Crippen LogP contribution >= 0.6 is 0 Å². The van der Waals surface area contributed by atoms with E-state index in [0.29, 0.717) is 11.6 Å². The van der Waals surface area contributed by atoms with Gasteiger partial charge in [-0.05, 0) is 28.3 Å². The summed E-state index contributed by atoms with van der Waals surface area (Å²) in [4.78, 5) is 20.5. The number of hydrogen-bond acceptors (Lipinski definition) is 4. The van der Waals surface area contributed by atoms with Crippen molar-refractivity contribution < 1.29 is 0 Å². The lowest BCUT2D eigenvalue weighted by atomic mass is 9.99. The van der Waals surface area contributed by atoms with E-state index in [0.717, 1.165) is 72.0 Å². The molecule has 9 rings (SSSR count). The molecule has 0 N–H and O–H groups in total. The van der Waals surface area contributed by atoms with Gasteiger partial charge in [0.25, 0.3) is 0 Å². The van der Waals surface area contributed by atoms with E-state index in [1.807, 2.05) is 36.4 Å². The number of benzene rings is 7. The quantitative estimate of drug-likeness (QED) is 0.181. The second kappa shape index (κ2) is 11.7. The summed E-state index contributed by atoms with van der Waals surface area (Å²) in [5.74, 6) is 1.38. The summed E-state index contributed by atoms with van der Waals surface area (Å²) in [5.41, 5.74) is 8.67. The molecule has 48 heavy (non-hydrogen) atoms. The fourth-order valence-corrected chi connectivity index (χ4v) is 6.50. The van der Waals surface area contributed by atoms with Crippen molar-refractivity contribution in [1.82, 2.24) is 19.9 Å². The van der Waals surface area contributed by atoms with E-state index in [-0.39, 0.29) is 0 Å². The molecule has 0 saturated carbocycles. The first kappa shape index (κ1) is 27.8. The topological polar surface area (TPSA) is 51.6 Å². The Morgan fingerprint density at radius 1 is 0.312 bits per heavy atom. The van der Waals surface area contributed by atoms with Crippen LogP contribution in [0.1, 0.15) is 0 Å². The van der Waals surface area contributed by atoms with Crippen LogP contribution in [0.2, 0.25) is 0 Å². The fraction of sp³-hybridized carbons (Fsp3) is 0. The van der Waals surface area contributed by atoms with Crippen LogP contribution in [-0.2, 0) is 0 Å². The van der Waals surface area contributed by atoms with Gasteiger partial charge >= 0.3 is 0 Å². The number of rotatable bonds is 5. The molecule has 0 saturated heterocycles. The van der Waals surface area contributed by atoms with Gasteiger partial charge in [0.2, 0.25) is 0 Å². The van der Waals surface area contributed by atoms with Crippen LogP contribution in [-0.4, -0.2) is 19.9 Å². The Bertz CT molecular complexity index is 2590. The van der Waals surface area contributed by atoms with Gasteiger partial charge in [0.05, 0.1) is 22.6 Å². The molecule has 2 aromatic heterocycles. The predicted molar refractivity (Wildman–Crippen MR) is 197 cm³/mol. The van der Waals surface area contributed by atoms with Gasteiger partial charge in [-0.3, -0.25) is 0 Å². The average Bonchev–Trinajstić information content (AvgIpc) is 3.17. The molecule has 0 fully saturated rings. The zero-order valence-electron chi connectivity index (χ0n) is 26.0. The van der Waals surface area contributed by atoms with Crippen molar-refractivity contribution in [1.29, 1.82) is 0 Å². The third kappa shape index (κ3) is 4.97. The molecular formula is C44H28N4. The lowest BCUT2D eigenvalue weighted by molar-refractivity contribution is 1.18. The maximum absolute atomic E-state index is 5.15. The standard InChI is InChI=1S/C44H28N4/c1-3-14-31(15-4-1)39-28-40(37-21-11-18-29-12-7-9-19-35(29)37)46-43(45-39)34-24-22-32(23-25-34)41-38-27-26-30-13-8-10-20-36(30)42(38)48-44(47-41)33-16-5-2-6-17-33/h1-28H. The molecule has 224 valence electrons. The van der Waals surface area contributed by atoms with Gasteiger partial charge in [0.15, 0.2) is 11.6 Å². The summed E-state index contributed by atoms with van der Waals surface area (Å²) >= 11 is 0. The minimum absolute atomic E-state index is 0.675. The third-order valence-electron chi connectivity index (χ3n) is 8.90. The largest absolute Gasteiger partial charge is 0.228 e. The SMILES string of the molecule is c1ccc(-c2cc(-c3cccc4ccccc34)nc(-c3ccc(-c4nc(-c5ccccc5)nc5c4ccc4ccccc45)cc3)n2)cc1. The first-order chi connectivity index (χ1) is 23.8. The van der Waals surface area contributed by atoms with E-state index in [9.17, 15) is 0 Å². The fourth-order valence-electron chi connectivity index (χ4n) is 6.50. The number of hydrogen-bond donors (Lipinski definition) is 0. The minimum atomic E-state index is 0.675. The Labute approximate surface area is 278 Å². The molecule has 0 unspecified atom stereocenters. The maximum Gasteiger partial charge on any atom is 0.160 e. The molecule has 0 aliphatic carbocycles. The van der Waals surface area contributed by atoms with Crippen molar-refractivity contribution >= 4 is 32.4 Å². The van der Waals surface area contributed by atoms with Gasteiger partial charge in [-0.15, -0.1) is 0 Å². The normalized spacial score (nSPS) is 11.3. The molecule has 0 radical (unpaired) electrons. The van der Waals surface area contributed by atoms with Crippen LogP contribution in [0.15, 0.2) is 170 Å². The summed E-state index contributed by atoms with van der Waals surface area (Å²) in [6.45, 7) is 0. The molecule has 4 heteroatoms. The molecule has 9 aromatic rings. The predicted octanol–water partition coefficient (Wildman–Crippen LogP) is 11.1. The van der Waals surface area contributed by atoms with Gasteiger partial charge in [-0.2, -0.15) is 0 Å². The highest BCUT2D eigenvalue weighted by Crippen LogP contribution is 2.35. The summed E-state index contributed by atoms with van der Waals surface area (Å²) in [5, 5.41) is 5.62. The average molecular weight is 613 g/mol. The van der Waals surface area contributed by atoms with Crippen molar-refractivity contribution in [2.24, 2.45) is 0 Å². The Balaban J connectivity index is 1.20. The smallest absolute Gasteiger partial charge is 0.160 e. The van der Waals surface area contributed by atoms with Crippen LogP contribution in [0.25, 0.3) is 89.0 Å². The Hall–Kier alpha value is -6.52. The highest BCUT2D eigenvalue weighted by atomic mass is 14.9. The molecule has 0 aliphatic heterocycles. The zero-order chi connectivity index (χ0) is 31.9. The second-order valence-corrected chi connectivity index (χ2v) is 11.9. The second-order valence-electron chi connectivity index (χ2n) is 11.9. The van der Waals surface area contributed by atoms with E-state index in [1.165, 1.54) is 5.39 Å². The molecule has 4 nitrogen and oxygen atoms in total. The molecule has 0 amide bonds. The Morgan fingerprint density at radius 3 is 1.65 bits per heavy atom. The first-order valence-corrected chi connectivity index (χ1v) is 16.1. The van der Waals surface area contributed by atoms with E-state index in [1.54, 1.807) is 0 Å². The molecule has 0 atom stereocenters. The highest BCUT2D eigenvalue weighted by molar-refractivity contribution is 6.09. The number of aromatic nitrogens is 4. The van der Waals surface area contributed by atoms with E-state index in [2.05, 4.69) is 133 Å². The summed E-state index contributed by atoms with van der Waals surface area (Å²) in [7, 11) is 0. The zero-order valence-corrected chi connectivity index (χ0v) is 26.0. The lowest BCUT2D eigenvalue weighted by Crippen LogP contribution is -1.97. The molecule has 0 spiro atoms. The lowest BCUT2D eigenvalue weighted by Gasteiger charge is -2.13. The Kier molecular flexibility index (Phi) is 6.76. The monoisotopic (exact) mass is 612 g/mol. The van der Waals surface area contributed by atoms with Gasteiger partial charge in [0.1, 0.15) is 0 Å². The summed E-state index contributed by atoms with van der Waals surface area (Å²) in [6.07, 6.45) is 0. The minimum Gasteiger partial charge on any atom is -0.228 e. The van der Waals surface area contributed by atoms with Gasteiger partial charge in [0, 0.05) is 38.6 Å². The van der Waals surface area contributed by atoms with Crippen molar-refractivity contribution in [2.75, 3.05) is 0 Å². The van der Waals surface area contributed by atoms with Gasteiger partial charge in [-0.1, -0.05) is 158 Å². The van der Waals surface area contributed by atoms with Crippen molar-refractivity contribution in [3.8, 4) is 56.5 Å².